The van der Waals surface area contributed by atoms with E-state index in [0.29, 0.717) is 6.04 Å². The summed E-state index contributed by atoms with van der Waals surface area (Å²) in [6.07, 6.45) is 3.43. The van der Waals surface area contributed by atoms with Crippen LogP contribution < -0.4 is 10.2 Å². The summed E-state index contributed by atoms with van der Waals surface area (Å²) < 4.78 is 13.7. The molecule has 1 atom stereocenters. The molecule has 88 valence electrons. The Labute approximate surface area is 96.5 Å². The van der Waals surface area contributed by atoms with Gasteiger partial charge in [0.05, 0.1) is 5.69 Å². The van der Waals surface area contributed by atoms with Gasteiger partial charge in [-0.3, -0.25) is 0 Å². The molecule has 0 spiro atoms. The number of anilines is 1. The van der Waals surface area contributed by atoms with Gasteiger partial charge >= 0.3 is 0 Å². The van der Waals surface area contributed by atoms with E-state index >= 15 is 0 Å². The predicted molar refractivity (Wildman–Crippen MR) is 65.3 cm³/mol. The van der Waals surface area contributed by atoms with E-state index in [0.717, 1.165) is 25.2 Å². The van der Waals surface area contributed by atoms with Crippen molar-refractivity contribution in [3.63, 3.8) is 0 Å². The molecule has 1 saturated heterocycles. The molecule has 0 amide bonds. The summed E-state index contributed by atoms with van der Waals surface area (Å²) in [6, 6.07) is 7.57. The second-order valence-electron chi connectivity index (χ2n) is 4.33. The molecule has 1 heterocycles. The molecule has 2 nitrogen and oxygen atoms in total. The number of nitrogens with zero attached hydrogens (tertiary/aromatic N) is 1. The normalized spacial score (nSPS) is 20.4. The van der Waals surface area contributed by atoms with Gasteiger partial charge in [0.15, 0.2) is 0 Å². The smallest absolute Gasteiger partial charge is 0.146 e. The van der Waals surface area contributed by atoms with Crippen LogP contribution in [-0.4, -0.2) is 26.2 Å². The number of hydrogen-bond donors (Lipinski definition) is 1. The Kier molecular flexibility index (Phi) is 3.78. The zero-order valence-corrected chi connectivity index (χ0v) is 9.75. The first-order valence-corrected chi connectivity index (χ1v) is 5.98. The number of rotatable bonds is 4. The number of nitrogens with one attached hydrogen (secondary N) is 1. The lowest BCUT2D eigenvalue weighted by molar-refractivity contribution is 0.567. The van der Waals surface area contributed by atoms with Crippen LogP contribution in [0.1, 0.15) is 19.3 Å². The van der Waals surface area contributed by atoms with Gasteiger partial charge in [0.1, 0.15) is 5.82 Å². The highest BCUT2D eigenvalue weighted by molar-refractivity contribution is 5.49. The lowest BCUT2D eigenvalue weighted by Crippen LogP contribution is -2.32. The first kappa shape index (κ1) is 11.4. The minimum atomic E-state index is -0.0983. The highest BCUT2D eigenvalue weighted by Crippen LogP contribution is 2.28. The molecule has 0 aliphatic carbocycles. The summed E-state index contributed by atoms with van der Waals surface area (Å²) in [6.45, 7) is 1.98. The standard InChI is InChI=1S/C13H19FN2/c1-15-9-8-11-5-4-10-16(11)13-7-3-2-6-12(13)14/h2-3,6-7,11,15H,4-5,8-10H2,1H3. The Morgan fingerprint density at radius 3 is 3.00 bits per heavy atom. The van der Waals surface area contributed by atoms with Crippen LogP contribution in [-0.2, 0) is 0 Å². The van der Waals surface area contributed by atoms with Gasteiger partial charge in [0.25, 0.3) is 0 Å². The molecule has 0 radical (unpaired) electrons. The summed E-state index contributed by atoms with van der Waals surface area (Å²) in [4.78, 5) is 2.21. The molecule has 0 aromatic heterocycles. The minimum Gasteiger partial charge on any atom is -0.366 e. The number of hydrogen-bond acceptors (Lipinski definition) is 2. The first-order chi connectivity index (χ1) is 7.83. The summed E-state index contributed by atoms with van der Waals surface area (Å²) in [7, 11) is 1.96. The Hall–Kier alpha value is -1.09. The third kappa shape index (κ3) is 2.35. The Balaban J connectivity index is 2.10. The SMILES string of the molecule is CNCCC1CCCN1c1ccccc1F. The van der Waals surface area contributed by atoms with E-state index in [4.69, 9.17) is 0 Å². The molecule has 3 heteroatoms. The van der Waals surface area contributed by atoms with E-state index in [1.165, 1.54) is 12.8 Å². The van der Waals surface area contributed by atoms with E-state index in [1.807, 2.05) is 19.2 Å². The lowest BCUT2D eigenvalue weighted by atomic mass is 10.1. The summed E-state index contributed by atoms with van der Waals surface area (Å²) in [5.41, 5.74) is 0.765. The van der Waals surface area contributed by atoms with E-state index < -0.39 is 0 Å². The van der Waals surface area contributed by atoms with Crippen molar-refractivity contribution in [2.24, 2.45) is 0 Å². The number of halogens is 1. The van der Waals surface area contributed by atoms with Gasteiger partial charge in [-0.25, -0.2) is 4.39 Å². The Bertz CT molecular complexity index is 340. The van der Waals surface area contributed by atoms with Crippen molar-refractivity contribution in [3.8, 4) is 0 Å². The fraction of sp³-hybridized carbons (Fsp3) is 0.538. The highest BCUT2D eigenvalue weighted by Gasteiger charge is 2.25. The van der Waals surface area contributed by atoms with Crippen LogP contribution in [0.2, 0.25) is 0 Å². The number of para-hydroxylation sites is 1. The van der Waals surface area contributed by atoms with Gasteiger partial charge in [-0.1, -0.05) is 12.1 Å². The predicted octanol–water partition coefficient (Wildman–Crippen LogP) is 2.40. The second-order valence-corrected chi connectivity index (χ2v) is 4.33. The van der Waals surface area contributed by atoms with Gasteiger partial charge in [-0.2, -0.15) is 0 Å². The second kappa shape index (κ2) is 5.30. The molecule has 16 heavy (non-hydrogen) atoms. The van der Waals surface area contributed by atoms with Crippen molar-refractivity contribution < 1.29 is 4.39 Å². The van der Waals surface area contributed by atoms with Crippen molar-refractivity contribution in [2.75, 3.05) is 25.0 Å². The lowest BCUT2D eigenvalue weighted by Gasteiger charge is -2.27. The summed E-state index contributed by atoms with van der Waals surface area (Å²) >= 11 is 0. The van der Waals surface area contributed by atoms with E-state index in [-0.39, 0.29) is 5.82 Å². The van der Waals surface area contributed by atoms with Crippen LogP contribution in [0.4, 0.5) is 10.1 Å². The van der Waals surface area contributed by atoms with Gasteiger partial charge in [-0.05, 0) is 45.0 Å². The van der Waals surface area contributed by atoms with E-state index in [9.17, 15) is 4.39 Å². The van der Waals surface area contributed by atoms with Crippen LogP contribution in [0.15, 0.2) is 24.3 Å². The van der Waals surface area contributed by atoms with Gasteiger partial charge in [0.2, 0.25) is 0 Å². The molecule has 1 aromatic rings. The number of benzene rings is 1. The molecule has 2 rings (SSSR count). The molecular formula is C13H19FN2. The van der Waals surface area contributed by atoms with Crippen molar-refractivity contribution in [1.29, 1.82) is 0 Å². The maximum atomic E-state index is 13.7. The molecule has 0 saturated carbocycles. The fourth-order valence-corrected chi connectivity index (χ4v) is 2.45. The van der Waals surface area contributed by atoms with E-state index in [2.05, 4.69) is 10.2 Å². The average molecular weight is 222 g/mol. The van der Waals surface area contributed by atoms with Crippen LogP contribution in [0.25, 0.3) is 0 Å². The van der Waals surface area contributed by atoms with Crippen molar-refractivity contribution in [2.45, 2.75) is 25.3 Å². The van der Waals surface area contributed by atoms with Crippen LogP contribution >= 0.6 is 0 Å². The monoisotopic (exact) mass is 222 g/mol. The van der Waals surface area contributed by atoms with Crippen molar-refractivity contribution in [1.82, 2.24) is 5.32 Å². The largest absolute Gasteiger partial charge is 0.366 e. The Morgan fingerprint density at radius 2 is 2.25 bits per heavy atom. The Morgan fingerprint density at radius 1 is 1.44 bits per heavy atom. The summed E-state index contributed by atoms with van der Waals surface area (Å²) in [5, 5.41) is 3.16. The highest BCUT2D eigenvalue weighted by atomic mass is 19.1. The maximum Gasteiger partial charge on any atom is 0.146 e. The third-order valence-electron chi connectivity index (χ3n) is 3.27. The van der Waals surface area contributed by atoms with Gasteiger partial charge in [-0.15, -0.1) is 0 Å². The van der Waals surface area contributed by atoms with E-state index in [1.54, 1.807) is 12.1 Å². The first-order valence-electron chi connectivity index (χ1n) is 5.98. The molecule has 0 bridgehead atoms. The molecular weight excluding hydrogens is 203 g/mol. The third-order valence-corrected chi connectivity index (χ3v) is 3.27. The van der Waals surface area contributed by atoms with Crippen LogP contribution in [0, 0.1) is 5.82 Å². The fourth-order valence-electron chi connectivity index (χ4n) is 2.45. The maximum absolute atomic E-state index is 13.7. The van der Waals surface area contributed by atoms with Gasteiger partial charge in [0, 0.05) is 12.6 Å². The molecule has 1 N–H and O–H groups in total. The van der Waals surface area contributed by atoms with Crippen LogP contribution in [0.3, 0.4) is 0 Å². The molecule has 1 aliphatic rings. The quantitative estimate of drug-likeness (QED) is 0.841. The molecule has 1 aromatic carbocycles. The van der Waals surface area contributed by atoms with Crippen molar-refractivity contribution >= 4 is 5.69 Å². The van der Waals surface area contributed by atoms with Gasteiger partial charge < -0.3 is 10.2 Å². The van der Waals surface area contributed by atoms with Crippen molar-refractivity contribution in [3.05, 3.63) is 30.1 Å². The topological polar surface area (TPSA) is 15.3 Å². The molecule has 1 unspecified atom stereocenters. The zero-order valence-electron chi connectivity index (χ0n) is 9.75. The average Bonchev–Trinajstić information content (AvgIpc) is 2.75. The summed E-state index contributed by atoms with van der Waals surface area (Å²) in [5.74, 6) is -0.0983. The minimum absolute atomic E-state index is 0.0983. The molecule has 1 fully saturated rings. The molecule has 1 aliphatic heterocycles. The van der Waals surface area contributed by atoms with Crippen LogP contribution in [0.5, 0.6) is 0 Å². The zero-order chi connectivity index (χ0) is 11.4.